The molecule has 0 aromatic heterocycles. The summed E-state index contributed by atoms with van der Waals surface area (Å²) in [6.07, 6.45) is 9.58. The number of allylic oxidation sites excluding steroid dienone is 1. The molecule has 0 bridgehead atoms. The first-order valence-corrected chi connectivity index (χ1v) is 6.88. The van der Waals surface area contributed by atoms with Crippen LogP contribution in [0, 0.1) is 0 Å². The predicted molar refractivity (Wildman–Crippen MR) is 74.4 cm³/mol. The van der Waals surface area contributed by atoms with E-state index in [4.69, 9.17) is 16.3 Å². The Balaban J connectivity index is 0.000000150. The average molecular weight is 259 g/mol. The molecule has 3 rings (SSSR count). The van der Waals surface area contributed by atoms with Crippen LogP contribution in [0.25, 0.3) is 0 Å². The van der Waals surface area contributed by atoms with Gasteiger partial charge in [0.05, 0.1) is 19.3 Å². The molecule has 0 spiro atoms. The summed E-state index contributed by atoms with van der Waals surface area (Å²) < 4.78 is 11.3. The van der Waals surface area contributed by atoms with Crippen molar-refractivity contribution in [1.29, 1.82) is 1.34 Å². The molecule has 3 aliphatic rings. The van der Waals surface area contributed by atoms with Crippen molar-refractivity contribution < 1.29 is 14.9 Å². The molecule has 0 aromatic rings. The average Bonchev–Trinajstić information content (AvgIpc) is 2.79. The van der Waals surface area contributed by atoms with Gasteiger partial charge in [-0.15, -0.1) is 0 Å². The van der Waals surface area contributed by atoms with E-state index in [9.17, 15) is 0 Å². The third-order valence-corrected chi connectivity index (χ3v) is 3.58. The second kappa shape index (κ2) is 7.53. The smallest absolute Gasteiger partial charge is 0.118 e. The molecular weight excluding hydrogens is 234 g/mol. The SMILES string of the molecule is OCC12CCCC1O2.OCC1=CCCC1.[3H][B]P. The highest BCUT2D eigenvalue weighted by Gasteiger charge is 2.58. The second-order valence-corrected chi connectivity index (χ2v) is 4.63. The zero-order valence-corrected chi connectivity index (χ0v) is 11.4. The molecule has 1 heterocycles. The summed E-state index contributed by atoms with van der Waals surface area (Å²) in [5.41, 5.74) is 1.18. The van der Waals surface area contributed by atoms with Gasteiger partial charge in [0, 0.05) is 0 Å². The van der Waals surface area contributed by atoms with Crippen LogP contribution in [0.3, 0.4) is 0 Å². The van der Waals surface area contributed by atoms with Crippen LogP contribution in [-0.4, -0.2) is 44.0 Å². The molecule has 3 nitrogen and oxygen atoms in total. The Bertz CT molecular complexity index is 274. The monoisotopic (exact) mass is 259 g/mol. The van der Waals surface area contributed by atoms with Gasteiger partial charge in [0.25, 0.3) is 0 Å². The fourth-order valence-electron chi connectivity index (χ4n) is 2.48. The number of ether oxygens (including phenoxy) is 1. The van der Waals surface area contributed by atoms with Crippen LogP contribution in [-0.2, 0) is 4.74 Å². The maximum absolute atomic E-state index is 8.74. The van der Waals surface area contributed by atoms with Gasteiger partial charge >= 0.3 is 0 Å². The summed E-state index contributed by atoms with van der Waals surface area (Å²) in [5, 5.41) is 17.2. The van der Waals surface area contributed by atoms with Crippen molar-refractivity contribution in [2.75, 3.05) is 13.2 Å². The van der Waals surface area contributed by atoms with Crippen molar-refractivity contribution in [3.05, 3.63) is 11.6 Å². The molecule has 17 heavy (non-hydrogen) atoms. The lowest BCUT2D eigenvalue weighted by atomic mass is 10.1. The molecule has 1 radical (unpaired) electrons. The summed E-state index contributed by atoms with van der Waals surface area (Å²) in [5.74, 6) is 0. The van der Waals surface area contributed by atoms with Crippen LogP contribution in [0.1, 0.15) is 38.5 Å². The molecule has 5 heteroatoms. The topological polar surface area (TPSA) is 53.0 Å². The van der Waals surface area contributed by atoms with E-state index in [0.29, 0.717) is 6.10 Å². The van der Waals surface area contributed by atoms with Gasteiger partial charge in [0.2, 0.25) is 0 Å². The minimum atomic E-state index is -0.0417. The van der Waals surface area contributed by atoms with E-state index in [1.807, 2.05) is 0 Å². The van der Waals surface area contributed by atoms with Crippen molar-refractivity contribution in [3.63, 3.8) is 0 Å². The number of aliphatic hydroxyl groups is 2. The maximum atomic E-state index is 8.74. The number of aliphatic hydroxyl groups excluding tert-OH is 2. The summed E-state index contributed by atoms with van der Waals surface area (Å²) in [6, 6.07) is 0. The summed E-state index contributed by atoms with van der Waals surface area (Å²) in [4.78, 5) is 0. The lowest BCUT2D eigenvalue weighted by Crippen LogP contribution is -2.14. The first-order valence-electron chi connectivity index (χ1n) is 6.79. The third-order valence-electron chi connectivity index (χ3n) is 3.58. The Labute approximate surface area is 109 Å². The highest BCUT2D eigenvalue weighted by atomic mass is 31.0. The fourth-order valence-corrected chi connectivity index (χ4v) is 2.48. The minimum Gasteiger partial charge on any atom is -0.393 e. The summed E-state index contributed by atoms with van der Waals surface area (Å²) >= 11 is 0. The van der Waals surface area contributed by atoms with Crippen LogP contribution >= 0.6 is 9.12 Å². The number of hydrogen-bond acceptors (Lipinski definition) is 3. The molecular formula is C12H23BO3P. The van der Waals surface area contributed by atoms with Crippen LogP contribution < -0.4 is 0 Å². The third kappa shape index (κ3) is 4.06. The van der Waals surface area contributed by atoms with Gasteiger partial charge < -0.3 is 14.9 Å². The zero-order chi connectivity index (χ0) is 13.4. The molecule has 3 atom stereocenters. The Morgan fingerprint density at radius 2 is 2.35 bits per heavy atom. The highest BCUT2D eigenvalue weighted by molar-refractivity contribution is 7.49. The van der Waals surface area contributed by atoms with Crippen molar-refractivity contribution in [3.8, 4) is 0 Å². The van der Waals surface area contributed by atoms with Crippen molar-refractivity contribution in [2.45, 2.75) is 50.2 Å². The molecule has 2 N–H and O–H groups in total. The van der Waals surface area contributed by atoms with Crippen LogP contribution in [0.15, 0.2) is 11.6 Å². The van der Waals surface area contributed by atoms with Crippen LogP contribution in [0.2, 0.25) is 0 Å². The van der Waals surface area contributed by atoms with Crippen molar-refractivity contribution in [2.24, 2.45) is 0 Å². The van der Waals surface area contributed by atoms with Gasteiger partial charge in [-0.25, -0.2) is 0 Å². The number of epoxide rings is 1. The molecule has 1 aliphatic heterocycles. The number of hydrogen-bond donors (Lipinski definition) is 2. The molecule has 1 saturated carbocycles. The van der Waals surface area contributed by atoms with E-state index in [0.717, 1.165) is 12.8 Å². The maximum Gasteiger partial charge on any atom is 0.118 e. The molecule has 2 aliphatic carbocycles. The Morgan fingerprint density at radius 3 is 2.59 bits per heavy atom. The molecule has 97 valence electrons. The van der Waals surface area contributed by atoms with Crippen LogP contribution in [0.5, 0.6) is 0 Å². The first-order chi connectivity index (χ1) is 8.72. The van der Waals surface area contributed by atoms with E-state index in [1.165, 1.54) is 38.8 Å². The van der Waals surface area contributed by atoms with Gasteiger partial charge in [-0.2, -0.15) is 9.12 Å². The van der Waals surface area contributed by atoms with Gasteiger partial charge in [-0.05, 0) is 45.4 Å². The Hall–Kier alpha value is 0.115. The zero-order valence-electron chi connectivity index (χ0n) is 11.3. The van der Waals surface area contributed by atoms with Gasteiger partial charge in [0.15, 0.2) is 0 Å². The van der Waals surface area contributed by atoms with Gasteiger partial charge in [-0.1, -0.05) is 6.08 Å². The normalized spacial score (nSPS) is 33.2. The molecule has 2 fully saturated rings. The van der Waals surface area contributed by atoms with Crippen molar-refractivity contribution >= 4 is 16.6 Å². The van der Waals surface area contributed by atoms with Crippen molar-refractivity contribution in [1.82, 2.24) is 0 Å². The molecule has 0 amide bonds. The van der Waals surface area contributed by atoms with E-state index >= 15 is 0 Å². The largest absolute Gasteiger partial charge is 0.393 e. The van der Waals surface area contributed by atoms with E-state index < -0.39 is 0 Å². The highest BCUT2D eigenvalue weighted by Crippen LogP contribution is 2.49. The van der Waals surface area contributed by atoms with E-state index in [2.05, 4.69) is 15.2 Å². The molecule has 1 saturated heterocycles. The first kappa shape index (κ1) is 13.5. The Morgan fingerprint density at radius 1 is 1.59 bits per heavy atom. The van der Waals surface area contributed by atoms with E-state index in [1.54, 1.807) is 0 Å². The predicted octanol–water partition coefficient (Wildman–Crippen LogP) is 1.07. The van der Waals surface area contributed by atoms with Gasteiger partial charge in [-0.3, -0.25) is 0 Å². The molecule has 0 aromatic carbocycles. The lowest BCUT2D eigenvalue weighted by Gasteiger charge is -1.99. The van der Waals surface area contributed by atoms with E-state index in [-0.39, 0.29) is 18.8 Å². The quantitative estimate of drug-likeness (QED) is 0.337. The Kier molecular flexibility index (Phi) is 6.00. The van der Waals surface area contributed by atoms with Gasteiger partial charge in [0.1, 0.15) is 13.1 Å². The number of fused-ring (bicyclic) bond motifs is 1. The lowest BCUT2D eigenvalue weighted by molar-refractivity contribution is 0.157. The fraction of sp³-hybridized carbons (Fsp3) is 0.833. The standard InChI is InChI=1S/C6H10O2.C6H10O.BH3P/c7-4-6-3-1-2-5(6)8-6;7-5-6-3-1-2-4-6;1-2/h5,7H,1-4H2;3,7H,1-2,4-5H2;1H,2H2/i;;1T. The minimum absolute atomic E-state index is 0.0417. The summed E-state index contributed by atoms with van der Waals surface area (Å²) in [7, 11) is 3.29. The number of rotatable bonds is 2. The molecule has 3 unspecified atom stereocenters. The summed E-state index contributed by atoms with van der Waals surface area (Å²) in [6.45, 7) is 0.512. The second-order valence-electron chi connectivity index (χ2n) is 4.63. The van der Waals surface area contributed by atoms with Crippen LogP contribution in [0.4, 0.5) is 0 Å².